The van der Waals surface area contributed by atoms with Gasteiger partial charge in [0.05, 0.1) is 7.11 Å². The fourth-order valence-corrected chi connectivity index (χ4v) is 3.55. The van der Waals surface area contributed by atoms with Gasteiger partial charge in [-0.2, -0.15) is 0 Å². The number of fused-ring (bicyclic) bond motifs is 1. The normalized spacial score (nSPS) is 11.2. The standard InChI is InChI=1S/C27H25N3O3/c1-33-22-13-11-19(12-14-22)17-25(30-26(31)20-7-3-2-4-8-20)27(32)28-16-15-21-18-29-24-10-6-5-9-23(21)24/h2-14,17-18,29H,15-16H2,1H3,(H,28,32)(H,30,31)/b25-17+. The lowest BCUT2D eigenvalue weighted by Crippen LogP contribution is -2.35. The minimum absolute atomic E-state index is 0.174. The van der Waals surface area contributed by atoms with E-state index in [0.29, 0.717) is 24.3 Å². The molecule has 0 atom stereocenters. The summed E-state index contributed by atoms with van der Waals surface area (Å²) in [5, 5.41) is 6.82. The zero-order valence-corrected chi connectivity index (χ0v) is 18.3. The summed E-state index contributed by atoms with van der Waals surface area (Å²) in [5.74, 6) is 0.0160. The summed E-state index contributed by atoms with van der Waals surface area (Å²) in [5.41, 5.74) is 3.61. The second-order valence-electron chi connectivity index (χ2n) is 7.52. The van der Waals surface area contributed by atoms with E-state index in [1.54, 1.807) is 49.6 Å². The highest BCUT2D eigenvalue weighted by molar-refractivity contribution is 6.05. The number of rotatable bonds is 8. The number of benzene rings is 3. The molecule has 0 aliphatic heterocycles. The monoisotopic (exact) mass is 439 g/mol. The Kier molecular flexibility index (Phi) is 6.85. The Bertz CT molecular complexity index is 1270. The molecule has 0 radical (unpaired) electrons. The molecule has 3 aromatic carbocycles. The molecule has 4 rings (SSSR count). The van der Waals surface area contributed by atoms with Gasteiger partial charge in [-0.15, -0.1) is 0 Å². The van der Waals surface area contributed by atoms with Crippen molar-refractivity contribution in [2.45, 2.75) is 6.42 Å². The van der Waals surface area contributed by atoms with Crippen molar-refractivity contribution in [1.29, 1.82) is 0 Å². The van der Waals surface area contributed by atoms with Gasteiger partial charge in [0.15, 0.2) is 0 Å². The number of hydrogen-bond donors (Lipinski definition) is 3. The Morgan fingerprint density at radius 1 is 0.939 bits per heavy atom. The maximum atomic E-state index is 13.0. The smallest absolute Gasteiger partial charge is 0.267 e. The van der Waals surface area contributed by atoms with E-state index < -0.39 is 0 Å². The first kappa shape index (κ1) is 21.9. The third-order valence-corrected chi connectivity index (χ3v) is 5.31. The van der Waals surface area contributed by atoms with Gasteiger partial charge in [0.1, 0.15) is 11.4 Å². The molecule has 166 valence electrons. The molecule has 33 heavy (non-hydrogen) atoms. The average Bonchev–Trinajstić information content (AvgIpc) is 3.27. The largest absolute Gasteiger partial charge is 0.497 e. The van der Waals surface area contributed by atoms with Gasteiger partial charge in [-0.25, -0.2) is 0 Å². The predicted molar refractivity (Wildman–Crippen MR) is 130 cm³/mol. The third kappa shape index (κ3) is 5.49. The quantitative estimate of drug-likeness (QED) is 0.358. The van der Waals surface area contributed by atoms with E-state index in [1.165, 1.54) is 0 Å². The van der Waals surface area contributed by atoms with E-state index in [-0.39, 0.29) is 17.5 Å². The number of amides is 2. The summed E-state index contributed by atoms with van der Waals surface area (Å²) < 4.78 is 5.19. The number of carbonyl (C=O) groups is 2. The first-order chi connectivity index (χ1) is 16.1. The summed E-state index contributed by atoms with van der Waals surface area (Å²) in [6.07, 6.45) is 4.28. The Balaban J connectivity index is 1.49. The Morgan fingerprint density at radius 3 is 2.42 bits per heavy atom. The van der Waals surface area contributed by atoms with Crippen LogP contribution in [0, 0.1) is 0 Å². The van der Waals surface area contributed by atoms with Crippen LogP contribution in [-0.2, 0) is 11.2 Å². The van der Waals surface area contributed by atoms with Crippen LogP contribution in [0.3, 0.4) is 0 Å². The van der Waals surface area contributed by atoms with E-state index in [9.17, 15) is 9.59 Å². The van der Waals surface area contributed by atoms with Crippen LogP contribution in [0.2, 0.25) is 0 Å². The molecule has 1 aromatic heterocycles. The maximum absolute atomic E-state index is 13.0. The molecule has 0 bridgehead atoms. The van der Waals surface area contributed by atoms with Crippen molar-refractivity contribution in [2.75, 3.05) is 13.7 Å². The highest BCUT2D eigenvalue weighted by atomic mass is 16.5. The van der Waals surface area contributed by atoms with E-state index in [2.05, 4.69) is 21.7 Å². The van der Waals surface area contributed by atoms with Crippen LogP contribution < -0.4 is 15.4 Å². The molecular weight excluding hydrogens is 414 g/mol. The van der Waals surface area contributed by atoms with Crippen LogP contribution in [0.4, 0.5) is 0 Å². The van der Waals surface area contributed by atoms with Gasteiger partial charge < -0.3 is 20.4 Å². The van der Waals surface area contributed by atoms with Gasteiger partial charge in [0.2, 0.25) is 0 Å². The van der Waals surface area contributed by atoms with Crippen LogP contribution in [0.1, 0.15) is 21.5 Å². The molecule has 4 aromatic rings. The summed E-state index contributed by atoms with van der Waals surface area (Å²) in [7, 11) is 1.59. The van der Waals surface area contributed by atoms with E-state index in [1.807, 2.05) is 42.6 Å². The highest BCUT2D eigenvalue weighted by Crippen LogP contribution is 2.18. The molecule has 2 amide bonds. The van der Waals surface area contributed by atoms with Crippen LogP contribution in [-0.4, -0.2) is 30.5 Å². The van der Waals surface area contributed by atoms with Crippen molar-refractivity contribution < 1.29 is 14.3 Å². The van der Waals surface area contributed by atoms with Gasteiger partial charge >= 0.3 is 0 Å². The van der Waals surface area contributed by atoms with Crippen molar-refractivity contribution in [2.24, 2.45) is 0 Å². The number of methoxy groups -OCH3 is 1. The number of carbonyl (C=O) groups excluding carboxylic acids is 2. The molecule has 0 fully saturated rings. The minimum atomic E-state index is -0.352. The van der Waals surface area contributed by atoms with Crippen LogP contribution in [0.25, 0.3) is 17.0 Å². The zero-order valence-electron chi connectivity index (χ0n) is 18.3. The molecule has 0 unspecified atom stereocenters. The summed E-state index contributed by atoms with van der Waals surface area (Å²) in [6.45, 7) is 0.432. The lowest BCUT2D eigenvalue weighted by molar-refractivity contribution is -0.117. The molecular formula is C27H25N3O3. The van der Waals surface area contributed by atoms with Gasteiger partial charge in [-0.1, -0.05) is 48.5 Å². The summed E-state index contributed by atoms with van der Waals surface area (Å²) in [6, 6.07) is 24.1. The molecule has 0 aliphatic rings. The fraction of sp³-hybridized carbons (Fsp3) is 0.111. The Hall–Kier alpha value is -4.32. The number of para-hydroxylation sites is 1. The Labute approximate surface area is 192 Å². The van der Waals surface area contributed by atoms with Crippen molar-refractivity contribution in [3.8, 4) is 5.75 Å². The Morgan fingerprint density at radius 2 is 1.67 bits per heavy atom. The van der Waals surface area contributed by atoms with Crippen molar-refractivity contribution in [3.05, 3.63) is 107 Å². The van der Waals surface area contributed by atoms with E-state index in [0.717, 1.165) is 22.0 Å². The summed E-state index contributed by atoms with van der Waals surface area (Å²) >= 11 is 0. The van der Waals surface area contributed by atoms with Crippen LogP contribution in [0.5, 0.6) is 5.75 Å². The SMILES string of the molecule is COc1ccc(/C=C(/NC(=O)c2ccccc2)C(=O)NCCc2c[nH]c3ccccc23)cc1. The van der Waals surface area contributed by atoms with Crippen molar-refractivity contribution >= 4 is 28.8 Å². The maximum Gasteiger partial charge on any atom is 0.267 e. The third-order valence-electron chi connectivity index (χ3n) is 5.31. The zero-order chi connectivity index (χ0) is 23.0. The number of aromatic nitrogens is 1. The van der Waals surface area contributed by atoms with E-state index >= 15 is 0 Å². The van der Waals surface area contributed by atoms with Gasteiger partial charge in [-0.3, -0.25) is 9.59 Å². The van der Waals surface area contributed by atoms with Gasteiger partial charge in [-0.05, 0) is 54.0 Å². The number of H-pyrrole nitrogens is 1. The van der Waals surface area contributed by atoms with Crippen LogP contribution >= 0.6 is 0 Å². The number of nitrogens with one attached hydrogen (secondary N) is 3. The molecule has 0 spiro atoms. The molecule has 0 aliphatic carbocycles. The molecule has 0 saturated heterocycles. The van der Waals surface area contributed by atoms with Crippen molar-refractivity contribution in [1.82, 2.24) is 15.6 Å². The molecule has 6 heteroatoms. The van der Waals surface area contributed by atoms with Gasteiger partial charge in [0, 0.05) is 29.2 Å². The highest BCUT2D eigenvalue weighted by Gasteiger charge is 2.15. The average molecular weight is 440 g/mol. The number of aromatic amines is 1. The molecule has 0 saturated carbocycles. The lowest BCUT2D eigenvalue weighted by atomic mass is 10.1. The summed E-state index contributed by atoms with van der Waals surface area (Å²) in [4.78, 5) is 28.9. The van der Waals surface area contributed by atoms with Crippen LogP contribution in [0.15, 0.2) is 90.8 Å². The van der Waals surface area contributed by atoms with Gasteiger partial charge in [0.25, 0.3) is 11.8 Å². The predicted octanol–water partition coefficient (Wildman–Crippen LogP) is 4.31. The fourth-order valence-electron chi connectivity index (χ4n) is 3.55. The second-order valence-corrected chi connectivity index (χ2v) is 7.52. The second kappa shape index (κ2) is 10.3. The first-order valence-corrected chi connectivity index (χ1v) is 10.7. The number of hydrogen-bond acceptors (Lipinski definition) is 3. The first-order valence-electron chi connectivity index (χ1n) is 10.7. The lowest BCUT2D eigenvalue weighted by Gasteiger charge is -2.11. The molecule has 3 N–H and O–H groups in total. The number of ether oxygens (including phenoxy) is 1. The molecule has 1 heterocycles. The van der Waals surface area contributed by atoms with E-state index in [4.69, 9.17) is 4.74 Å². The topological polar surface area (TPSA) is 83.2 Å². The molecule has 6 nitrogen and oxygen atoms in total. The van der Waals surface area contributed by atoms with Crippen molar-refractivity contribution in [3.63, 3.8) is 0 Å². The minimum Gasteiger partial charge on any atom is -0.497 e.